The second-order valence-electron chi connectivity index (χ2n) is 3.10. The molecular weight excluding hydrogens is 209 g/mol. The SMILES string of the molecule is Cc1cc(-c2cc(C(F)(F)F)[nH]n2)n[nH]1. The van der Waals surface area contributed by atoms with Crippen molar-refractivity contribution in [3.63, 3.8) is 0 Å². The van der Waals surface area contributed by atoms with Gasteiger partial charge in [-0.15, -0.1) is 0 Å². The Morgan fingerprint density at radius 2 is 1.67 bits per heavy atom. The predicted octanol–water partition coefficient (Wildman–Crippen LogP) is 2.13. The molecule has 2 aromatic heterocycles. The van der Waals surface area contributed by atoms with Crippen molar-refractivity contribution < 1.29 is 13.2 Å². The Balaban J connectivity index is 2.36. The summed E-state index contributed by atoms with van der Waals surface area (Å²) in [4.78, 5) is 0. The lowest BCUT2D eigenvalue weighted by molar-refractivity contribution is -0.141. The van der Waals surface area contributed by atoms with Crippen molar-refractivity contribution in [2.45, 2.75) is 13.1 Å². The number of hydrogen-bond acceptors (Lipinski definition) is 2. The Hall–Kier alpha value is -1.79. The molecule has 0 aliphatic rings. The van der Waals surface area contributed by atoms with Crippen LogP contribution in [0.25, 0.3) is 11.4 Å². The van der Waals surface area contributed by atoms with Gasteiger partial charge in [-0.3, -0.25) is 10.2 Å². The molecule has 0 aliphatic heterocycles. The summed E-state index contributed by atoms with van der Waals surface area (Å²) in [5.41, 5.74) is 0.450. The number of halogens is 3. The summed E-state index contributed by atoms with van der Waals surface area (Å²) >= 11 is 0. The molecule has 0 amide bonds. The summed E-state index contributed by atoms with van der Waals surface area (Å²) in [6.07, 6.45) is -4.41. The molecule has 0 radical (unpaired) electrons. The van der Waals surface area contributed by atoms with E-state index in [4.69, 9.17) is 0 Å². The lowest BCUT2D eigenvalue weighted by atomic mass is 10.2. The second-order valence-corrected chi connectivity index (χ2v) is 3.10. The first-order chi connectivity index (χ1) is 6.97. The molecule has 0 aliphatic carbocycles. The van der Waals surface area contributed by atoms with Gasteiger partial charge in [-0.2, -0.15) is 23.4 Å². The molecule has 2 heterocycles. The first kappa shape index (κ1) is 9.75. The normalized spacial score (nSPS) is 12.0. The van der Waals surface area contributed by atoms with E-state index in [0.717, 1.165) is 11.8 Å². The Bertz CT molecular complexity index is 468. The van der Waals surface area contributed by atoms with Crippen LogP contribution in [-0.4, -0.2) is 20.4 Å². The number of nitrogens with one attached hydrogen (secondary N) is 2. The van der Waals surface area contributed by atoms with Gasteiger partial charge < -0.3 is 0 Å². The zero-order chi connectivity index (χ0) is 11.1. The molecular formula is C8H7F3N4. The molecule has 0 bridgehead atoms. The molecule has 0 atom stereocenters. The molecule has 7 heteroatoms. The Morgan fingerprint density at radius 3 is 2.13 bits per heavy atom. The summed E-state index contributed by atoms with van der Waals surface area (Å²) in [6, 6.07) is 2.55. The quantitative estimate of drug-likeness (QED) is 0.767. The third kappa shape index (κ3) is 1.85. The molecule has 2 rings (SSSR count). The van der Waals surface area contributed by atoms with Crippen LogP contribution in [-0.2, 0) is 6.18 Å². The van der Waals surface area contributed by atoms with Gasteiger partial charge in [0.15, 0.2) is 0 Å². The maximum absolute atomic E-state index is 12.2. The molecule has 2 aromatic rings. The van der Waals surface area contributed by atoms with Gasteiger partial charge in [-0.25, -0.2) is 0 Å². The van der Waals surface area contributed by atoms with E-state index in [2.05, 4.69) is 15.3 Å². The minimum Gasteiger partial charge on any atom is -0.282 e. The summed E-state index contributed by atoms with van der Waals surface area (Å²) in [5, 5.41) is 11.9. The van der Waals surface area contributed by atoms with Gasteiger partial charge in [-0.05, 0) is 19.1 Å². The van der Waals surface area contributed by atoms with Crippen molar-refractivity contribution in [1.29, 1.82) is 0 Å². The average molecular weight is 216 g/mol. The van der Waals surface area contributed by atoms with Crippen LogP contribution in [0, 0.1) is 6.92 Å². The third-order valence-corrected chi connectivity index (χ3v) is 1.85. The van der Waals surface area contributed by atoms with Gasteiger partial charge in [-0.1, -0.05) is 0 Å². The fourth-order valence-electron chi connectivity index (χ4n) is 1.15. The maximum atomic E-state index is 12.2. The van der Waals surface area contributed by atoms with Gasteiger partial charge in [0.2, 0.25) is 0 Å². The molecule has 15 heavy (non-hydrogen) atoms. The van der Waals surface area contributed by atoms with E-state index in [0.29, 0.717) is 5.69 Å². The zero-order valence-corrected chi connectivity index (χ0v) is 7.68. The number of nitrogens with zero attached hydrogens (tertiary/aromatic N) is 2. The molecule has 0 fully saturated rings. The minimum absolute atomic E-state index is 0.173. The molecule has 0 saturated heterocycles. The number of hydrogen-bond donors (Lipinski definition) is 2. The lowest BCUT2D eigenvalue weighted by Crippen LogP contribution is -2.04. The molecule has 0 saturated carbocycles. The van der Waals surface area contributed by atoms with Gasteiger partial charge in [0.1, 0.15) is 17.1 Å². The first-order valence-corrected chi connectivity index (χ1v) is 4.12. The Morgan fingerprint density at radius 1 is 1.07 bits per heavy atom. The molecule has 2 N–H and O–H groups in total. The van der Waals surface area contributed by atoms with Crippen LogP contribution < -0.4 is 0 Å². The lowest BCUT2D eigenvalue weighted by Gasteiger charge is -1.99. The highest BCUT2D eigenvalue weighted by molar-refractivity contribution is 5.54. The van der Waals surface area contributed by atoms with Crippen LogP contribution in [0.3, 0.4) is 0 Å². The van der Waals surface area contributed by atoms with Crippen LogP contribution in [0.15, 0.2) is 12.1 Å². The monoisotopic (exact) mass is 216 g/mol. The van der Waals surface area contributed by atoms with Gasteiger partial charge in [0, 0.05) is 5.69 Å². The topological polar surface area (TPSA) is 57.4 Å². The minimum atomic E-state index is -4.41. The van der Waals surface area contributed by atoms with E-state index in [-0.39, 0.29) is 5.69 Å². The van der Waals surface area contributed by atoms with E-state index in [1.54, 1.807) is 13.0 Å². The molecule has 0 unspecified atom stereocenters. The van der Waals surface area contributed by atoms with Crippen molar-refractivity contribution in [1.82, 2.24) is 20.4 Å². The van der Waals surface area contributed by atoms with Crippen molar-refractivity contribution in [2.24, 2.45) is 0 Å². The second kappa shape index (κ2) is 3.11. The number of alkyl halides is 3. The number of aromatic nitrogens is 4. The number of H-pyrrole nitrogens is 2. The van der Waals surface area contributed by atoms with Crippen LogP contribution in [0.4, 0.5) is 13.2 Å². The van der Waals surface area contributed by atoms with Gasteiger partial charge in [0.25, 0.3) is 0 Å². The fourth-order valence-corrected chi connectivity index (χ4v) is 1.15. The fraction of sp³-hybridized carbons (Fsp3) is 0.250. The summed E-state index contributed by atoms with van der Waals surface area (Å²) in [5.74, 6) is 0. The van der Waals surface area contributed by atoms with Crippen molar-refractivity contribution in [3.05, 3.63) is 23.5 Å². The number of rotatable bonds is 1. The molecule has 80 valence electrons. The van der Waals surface area contributed by atoms with Crippen LogP contribution in [0.2, 0.25) is 0 Å². The van der Waals surface area contributed by atoms with E-state index < -0.39 is 11.9 Å². The van der Waals surface area contributed by atoms with E-state index in [1.807, 2.05) is 5.10 Å². The Kier molecular flexibility index (Phi) is 2.02. The predicted molar refractivity (Wildman–Crippen MR) is 45.9 cm³/mol. The highest BCUT2D eigenvalue weighted by Crippen LogP contribution is 2.29. The van der Waals surface area contributed by atoms with Crippen LogP contribution in [0.1, 0.15) is 11.4 Å². The number of aromatic amines is 2. The highest BCUT2D eigenvalue weighted by Gasteiger charge is 2.33. The summed E-state index contributed by atoms with van der Waals surface area (Å²) in [7, 11) is 0. The van der Waals surface area contributed by atoms with Crippen LogP contribution >= 0.6 is 0 Å². The van der Waals surface area contributed by atoms with E-state index in [1.165, 1.54) is 0 Å². The Labute approximate surface area is 82.5 Å². The summed E-state index contributed by atoms with van der Waals surface area (Å²) < 4.78 is 36.7. The third-order valence-electron chi connectivity index (χ3n) is 1.85. The maximum Gasteiger partial charge on any atom is 0.432 e. The largest absolute Gasteiger partial charge is 0.432 e. The highest BCUT2D eigenvalue weighted by atomic mass is 19.4. The van der Waals surface area contributed by atoms with Gasteiger partial charge in [0.05, 0.1) is 0 Å². The smallest absolute Gasteiger partial charge is 0.282 e. The molecule has 0 spiro atoms. The van der Waals surface area contributed by atoms with E-state index in [9.17, 15) is 13.2 Å². The standard InChI is InChI=1S/C8H7F3N4/c1-4-2-5(13-12-4)6-3-7(15-14-6)8(9,10)11/h2-3H,1H3,(H,12,13)(H,14,15). The van der Waals surface area contributed by atoms with Crippen molar-refractivity contribution in [3.8, 4) is 11.4 Å². The first-order valence-electron chi connectivity index (χ1n) is 4.12. The average Bonchev–Trinajstić information content (AvgIpc) is 2.69. The van der Waals surface area contributed by atoms with Crippen molar-refractivity contribution >= 4 is 0 Å². The van der Waals surface area contributed by atoms with Crippen LogP contribution in [0.5, 0.6) is 0 Å². The molecule has 0 aromatic carbocycles. The summed E-state index contributed by atoms with van der Waals surface area (Å²) in [6.45, 7) is 1.76. The van der Waals surface area contributed by atoms with Gasteiger partial charge >= 0.3 is 6.18 Å². The number of aryl methyl sites for hydroxylation is 1. The zero-order valence-electron chi connectivity index (χ0n) is 7.68. The van der Waals surface area contributed by atoms with Crippen molar-refractivity contribution in [2.75, 3.05) is 0 Å². The van der Waals surface area contributed by atoms with E-state index >= 15 is 0 Å². The molecule has 4 nitrogen and oxygen atoms in total.